The van der Waals surface area contributed by atoms with Crippen molar-refractivity contribution in [1.29, 1.82) is 0 Å². The third-order valence-electron chi connectivity index (χ3n) is 6.01. The summed E-state index contributed by atoms with van der Waals surface area (Å²) in [6.07, 6.45) is 0.371. The van der Waals surface area contributed by atoms with Crippen molar-refractivity contribution < 1.29 is 13.2 Å². The first kappa shape index (κ1) is 13.6. The van der Waals surface area contributed by atoms with Crippen molar-refractivity contribution in [3.63, 3.8) is 0 Å². The number of alkyl halides is 3. The average molecular weight is 295 g/mol. The maximum absolute atomic E-state index is 12.7. The number of nitrogens with two attached hydrogens (primary N) is 1. The Morgan fingerprint density at radius 1 is 1.14 bits per heavy atom. The maximum atomic E-state index is 12.7. The van der Waals surface area contributed by atoms with E-state index in [1.807, 2.05) is 0 Å². The van der Waals surface area contributed by atoms with Gasteiger partial charge in [-0.3, -0.25) is 0 Å². The van der Waals surface area contributed by atoms with E-state index in [-0.39, 0.29) is 6.04 Å². The van der Waals surface area contributed by atoms with Crippen molar-refractivity contribution in [3.05, 3.63) is 35.4 Å². The molecule has 3 aliphatic carbocycles. The van der Waals surface area contributed by atoms with Gasteiger partial charge in [-0.1, -0.05) is 18.2 Å². The van der Waals surface area contributed by atoms with Crippen LogP contribution >= 0.6 is 0 Å². The Bertz CT molecular complexity index is 537. The molecule has 5 unspecified atom stereocenters. The molecule has 0 aliphatic heterocycles. The summed E-state index contributed by atoms with van der Waals surface area (Å²) in [4.78, 5) is 0. The molecule has 4 rings (SSSR count). The normalized spacial score (nSPS) is 38.4. The van der Waals surface area contributed by atoms with Crippen LogP contribution in [0.2, 0.25) is 0 Å². The Hall–Kier alpha value is -1.03. The quantitative estimate of drug-likeness (QED) is 0.900. The number of fused-ring (bicyclic) bond motifs is 5. The van der Waals surface area contributed by atoms with E-state index < -0.39 is 11.7 Å². The minimum Gasteiger partial charge on any atom is -0.327 e. The monoisotopic (exact) mass is 295 g/mol. The Balaban J connectivity index is 1.45. The van der Waals surface area contributed by atoms with Gasteiger partial charge >= 0.3 is 6.18 Å². The molecule has 21 heavy (non-hydrogen) atoms. The number of halogens is 3. The number of hydrogen-bond donors (Lipinski definition) is 1. The molecule has 2 bridgehead atoms. The van der Waals surface area contributed by atoms with Gasteiger partial charge in [-0.2, -0.15) is 13.2 Å². The fourth-order valence-corrected chi connectivity index (χ4v) is 5.25. The molecule has 114 valence electrons. The van der Waals surface area contributed by atoms with Crippen molar-refractivity contribution >= 4 is 0 Å². The number of rotatable bonds is 3. The highest BCUT2D eigenvalue weighted by atomic mass is 19.4. The van der Waals surface area contributed by atoms with Gasteiger partial charge in [0.2, 0.25) is 0 Å². The zero-order chi connectivity index (χ0) is 14.8. The van der Waals surface area contributed by atoms with Crippen molar-refractivity contribution in [1.82, 2.24) is 0 Å². The molecule has 1 nitrogen and oxygen atoms in total. The van der Waals surface area contributed by atoms with Crippen LogP contribution in [0.1, 0.15) is 30.4 Å². The summed E-state index contributed by atoms with van der Waals surface area (Å²) in [5, 5.41) is 0. The lowest BCUT2D eigenvalue weighted by molar-refractivity contribution is -0.137. The molecular weight excluding hydrogens is 275 g/mol. The van der Waals surface area contributed by atoms with Crippen molar-refractivity contribution in [3.8, 4) is 0 Å². The molecule has 0 heterocycles. The van der Waals surface area contributed by atoms with Crippen LogP contribution in [0.4, 0.5) is 13.2 Å². The van der Waals surface area contributed by atoms with Crippen molar-refractivity contribution in [2.24, 2.45) is 35.3 Å². The molecule has 5 atom stereocenters. The summed E-state index contributed by atoms with van der Waals surface area (Å²) in [5.41, 5.74) is 6.48. The predicted octanol–water partition coefficient (Wildman–Crippen LogP) is 3.87. The third kappa shape index (κ3) is 2.19. The molecule has 0 spiro atoms. The van der Waals surface area contributed by atoms with Gasteiger partial charge in [-0.05, 0) is 66.9 Å². The van der Waals surface area contributed by atoms with Crippen LogP contribution in [-0.4, -0.2) is 6.04 Å². The highest BCUT2D eigenvalue weighted by molar-refractivity contribution is 5.27. The second-order valence-electron chi connectivity index (χ2n) is 7.13. The first-order chi connectivity index (χ1) is 9.95. The second-order valence-corrected chi connectivity index (χ2v) is 7.13. The lowest BCUT2D eigenvalue weighted by Crippen LogP contribution is -2.28. The van der Waals surface area contributed by atoms with Crippen LogP contribution in [0, 0.1) is 29.6 Å². The third-order valence-corrected chi connectivity index (χ3v) is 6.01. The smallest absolute Gasteiger partial charge is 0.327 e. The standard InChI is InChI=1S/C17H20F3N/c18-17(19,20)12-3-1-2-9(6-12)7-13(21)16-14-10-4-5-11(8-10)15(14)16/h1-3,6,10-11,13-16H,4-5,7-8,21H2. The topological polar surface area (TPSA) is 26.0 Å². The lowest BCUT2D eigenvalue weighted by Gasteiger charge is -2.17. The van der Waals surface area contributed by atoms with Crippen molar-refractivity contribution in [2.45, 2.75) is 37.9 Å². The molecule has 0 radical (unpaired) electrons. The van der Waals surface area contributed by atoms with Gasteiger partial charge in [0.25, 0.3) is 0 Å². The molecular formula is C17H20F3N. The zero-order valence-electron chi connectivity index (χ0n) is 11.8. The Morgan fingerprint density at radius 2 is 1.81 bits per heavy atom. The molecule has 3 fully saturated rings. The van der Waals surface area contributed by atoms with E-state index in [0.29, 0.717) is 12.3 Å². The summed E-state index contributed by atoms with van der Waals surface area (Å²) in [6.45, 7) is 0. The van der Waals surface area contributed by atoms with Crippen LogP contribution < -0.4 is 5.73 Å². The van der Waals surface area contributed by atoms with E-state index >= 15 is 0 Å². The van der Waals surface area contributed by atoms with E-state index in [0.717, 1.165) is 35.3 Å². The molecule has 2 N–H and O–H groups in total. The maximum Gasteiger partial charge on any atom is 0.416 e. The molecule has 3 aliphatic rings. The van der Waals surface area contributed by atoms with Crippen LogP contribution in [-0.2, 0) is 12.6 Å². The van der Waals surface area contributed by atoms with Crippen LogP contribution in [0.3, 0.4) is 0 Å². The van der Waals surface area contributed by atoms with Gasteiger partial charge < -0.3 is 5.73 Å². The van der Waals surface area contributed by atoms with Gasteiger partial charge in [-0.25, -0.2) is 0 Å². The van der Waals surface area contributed by atoms with E-state index in [2.05, 4.69) is 0 Å². The molecule has 0 saturated heterocycles. The molecule has 1 aromatic carbocycles. The van der Waals surface area contributed by atoms with Gasteiger partial charge in [0.05, 0.1) is 5.56 Å². The van der Waals surface area contributed by atoms with Gasteiger partial charge in [-0.15, -0.1) is 0 Å². The van der Waals surface area contributed by atoms with Crippen LogP contribution in [0.25, 0.3) is 0 Å². The number of benzene rings is 1. The second kappa shape index (κ2) is 4.48. The summed E-state index contributed by atoms with van der Waals surface area (Å²) in [5.74, 6) is 3.84. The van der Waals surface area contributed by atoms with E-state index in [4.69, 9.17) is 5.73 Å². The summed E-state index contributed by atoms with van der Waals surface area (Å²) >= 11 is 0. The Labute approximate surface area is 122 Å². The average Bonchev–Trinajstić information content (AvgIpc) is 2.87. The first-order valence-electron chi connectivity index (χ1n) is 7.87. The highest BCUT2D eigenvalue weighted by Gasteiger charge is 2.65. The molecule has 0 aromatic heterocycles. The van der Waals surface area contributed by atoms with Crippen LogP contribution in [0.5, 0.6) is 0 Å². The highest BCUT2D eigenvalue weighted by Crippen LogP contribution is 2.70. The fourth-order valence-electron chi connectivity index (χ4n) is 5.25. The molecule has 4 heteroatoms. The Morgan fingerprint density at radius 3 is 2.43 bits per heavy atom. The predicted molar refractivity (Wildman–Crippen MR) is 74.4 cm³/mol. The zero-order valence-corrected chi connectivity index (χ0v) is 11.8. The van der Waals surface area contributed by atoms with Crippen LogP contribution in [0.15, 0.2) is 24.3 Å². The van der Waals surface area contributed by atoms with E-state index in [9.17, 15) is 13.2 Å². The van der Waals surface area contributed by atoms with Gasteiger partial charge in [0, 0.05) is 6.04 Å². The molecule has 0 amide bonds. The number of hydrogen-bond acceptors (Lipinski definition) is 1. The molecule has 3 saturated carbocycles. The summed E-state index contributed by atoms with van der Waals surface area (Å²) < 4.78 is 38.2. The van der Waals surface area contributed by atoms with Gasteiger partial charge in [0.15, 0.2) is 0 Å². The fraction of sp³-hybridized carbons (Fsp3) is 0.647. The lowest BCUT2D eigenvalue weighted by atomic mass is 9.93. The minimum atomic E-state index is -4.27. The first-order valence-corrected chi connectivity index (χ1v) is 7.87. The minimum absolute atomic E-state index is 0.0203. The summed E-state index contributed by atoms with van der Waals surface area (Å²) in [6, 6.07) is 5.66. The SMILES string of the molecule is NC(Cc1cccc(C(F)(F)F)c1)C1C2C3CCC(C3)C12. The largest absolute Gasteiger partial charge is 0.416 e. The van der Waals surface area contributed by atoms with E-state index in [1.165, 1.54) is 31.4 Å². The van der Waals surface area contributed by atoms with E-state index in [1.54, 1.807) is 6.07 Å². The summed E-state index contributed by atoms with van der Waals surface area (Å²) in [7, 11) is 0. The van der Waals surface area contributed by atoms with Gasteiger partial charge in [0.1, 0.15) is 0 Å². The Kier molecular flexibility index (Phi) is 2.91. The van der Waals surface area contributed by atoms with Crippen molar-refractivity contribution in [2.75, 3.05) is 0 Å². The molecule has 1 aromatic rings.